The van der Waals surface area contributed by atoms with Crippen molar-refractivity contribution in [2.45, 2.75) is 20.0 Å². The fourth-order valence-corrected chi connectivity index (χ4v) is 4.10. The highest BCUT2D eigenvalue weighted by molar-refractivity contribution is 7.18. The van der Waals surface area contributed by atoms with E-state index in [9.17, 15) is 14.4 Å². The molecule has 0 bridgehead atoms. The number of hydrogen-bond donors (Lipinski definition) is 1. The summed E-state index contributed by atoms with van der Waals surface area (Å²) in [6.45, 7) is 2.10. The van der Waals surface area contributed by atoms with Gasteiger partial charge in [0.2, 0.25) is 5.91 Å². The molecule has 0 saturated carbocycles. The average Bonchev–Trinajstić information content (AvgIpc) is 3.19. The maximum absolute atomic E-state index is 12.2. The van der Waals surface area contributed by atoms with Gasteiger partial charge < -0.3 is 5.32 Å². The van der Waals surface area contributed by atoms with Crippen LogP contribution in [-0.2, 0) is 17.9 Å². The van der Waals surface area contributed by atoms with Crippen LogP contribution in [-0.4, -0.2) is 37.0 Å². The molecule has 0 aliphatic rings. The molecule has 162 valence electrons. The third-order valence-electron chi connectivity index (χ3n) is 4.64. The van der Waals surface area contributed by atoms with Crippen LogP contribution >= 0.6 is 11.3 Å². The molecule has 1 N–H and O–H groups in total. The van der Waals surface area contributed by atoms with E-state index in [2.05, 4.69) is 20.5 Å². The molecule has 1 amide bonds. The number of rotatable bonds is 7. The first kappa shape index (κ1) is 21.3. The van der Waals surface area contributed by atoms with E-state index in [-0.39, 0.29) is 36.7 Å². The molecule has 32 heavy (non-hydrogen) atoms. The standard InChI is InChI=1S/C22H20N6O3S/c1-15-21(32-22(25-15)16-6-3-2-4-7-16)17-9-10-20(31)27(26-17)13-12-23-18(29)14-28-19(30)8-5-11-24-28/h2-11H,12-14H2,1H3,(H,23,29). The fourth-order valence-electron chi connectivity index (χ4n) is 3.07. The Bertz CT molecular complexity index is 1360. The number of nitrogens with one attached hydrogen (secondary N) is 1. The molecular weight excluding hydrogens is 428 g/mol. The van der Waals surface area contributed by atoms with Gasteiger partial charge in [0, 0.05) is 30.4 Å². The molecular formula is C22H20N6O3S. The highest BCUT2D eigenvalue weighted by Crippen LogP contribution is 2.33. The topological polar surface area (TPSA) is 112 Å². The Morgan fingerprint density at radius 2 is 1.78 bits per heavy atom. The zero-order chi connectivity index (χ0) is 22.5. The maximum atomic E-state index is 12.2. The van der Waals surface area contributed by atoms with Crippen LogP contribution < -0.4 is 16.4 Å². The van der Waals surface area contributed by atoms with Crippen molar-refractivity contribution in [1.82, 2.24) is 29.9 Å². The number of benzene rings is 1. The van der Waals surface area contributed by atoms with E-state index < -0.39 is 0 Å². The van der Waals surface area contributed by atoms with Gasteiger partial charge in [-0.2, -0.15) is 10.2 Å². The highest BCUT2D eigenvalue weighted by Gasteiger charge is 2.14. The predicted molar refractivity (Wildman–Crippen MR) is 121 cm³/mol. The summed E-state index contributed by atoms with van der Waals surface area (Å²) in [4.78, 5) is 41.5. The first-order valence-corrected chi connectivity index (χ1v) is 10.7. The minimum absolute atomic E-state index is 0.188. The van der Waals surface area contributed by atoms with Gasteiger partial charge >= 0.3 is 0 Å². The van der Waals surface area contributed by atoms with E-state index in [1.54, 1.807) is 6.07 Å². The summed E-state index contributed by atoms with van der Waals surface area (Å²) in [5.41, 5.74) is 1.88. The van der Waals surface area contributed by atoms with Gasteiger partial charge in [0.25, 0.3) is 11.1 Å². The van der Waals surface area contributed by atoms with E-state index >= 15 is 0 Å². The summed E-state index contributed by atoms with van der Waals surface area (Å²) in [6.07, 6.45) is 1.44. The quantitative estimate of drug-likeness (QED) is 0.461. The minimum atomic E-state index is -0.374. The van der Waals surface area contributed by atoms with Crippen LogP contribution in [0.15, 0.2) is 70.4 Å². The third-order valence-corrected chi connectivity index (χ3v) is 5.87. The van der Waals surface area contributed by atoms with Gasteiger partial charge in [-0.15, -0.1) is 11.3 Å². The smallest absolute Gasteiger partial charge is 0.267 e. The molecule has 0 radical (unpaired) electrons. The summed E-state index contributed by atoms with van der Waals surface area (Å²) < 4.78 is 2.38. The van der Waals surface area contributed by atoms with Crippen molar-refractivity contribution in [3.63, 3.8) is 0 Å². The summed E-state index contributed by atoms with van der Waals surface area (Å²) in [5.74, 6) is -0.374. The fraction of sp³-hybridized carbons (Fsp3) is 0.182. The molecule has 4 aromatic rings. The average molecular weight is 449 g/mol. The number of carbonyl (C=O) groups is 1. The van der Waals surface area contributed by atoms with Crippen LogP contribution in [0.1, 0.15) is 5.69 Å². The molecule has 10 heteroatoms. The van der Waals surface area contributed by atoms with Crippen molar-refractivity contribution in [3.8, 4) is 21.1 Å². The predicted octanol–water partition coefficient (Wildman–Crippen LogP) is 1.72. The Kier molecular flexibility index (Phi) is 6.31. The van der Waals surface area contributed by atoms with Crippen molar-refractivity contribution in [2.75, 3.05) is 6.54 Å². The monoisotopic (exact) mass is 448 g/mol. The van der Waals surface area contributed by atoms with Crippen molar-refractivity contribution in [1.29, 1.82) is 0 Å². The van der Waals surface area contributed by atoms with E-state index in [1.807, 2.05) is 37.3 Å². The van der Waals surface area contributed by atoms with Gasteiger partial charge in [-0.05, 0) is 19.1 Å². The molecule has 3 aromatic heterocycles. The number of aromatic nitrogens is 5. The first-order valence-electron chi connectivity index (χ1n) is 9.91. The van der Waals surface area contributed by atoms with Gasteiger partial charge in [-0.25, -0.2) is 14.3 Å². The first-order chi connectivity index (χ1) is 15.5. The molecule has 0 spiro atoms. The number of hydrogen-bond acceptors (Lipinski definition) is 7. The lowest BCUT2D eigenvalue weighted by molar-refractivity contribution is -0.121. The van der Waals surface area contributed by atoms with E-state index in [4.69, 9.17) is 0 Å². The second-order valence-electron chi connectivity index (χ2n) is 6.95. The van der Waals surface area contributed by atoms with Gasteiger partial charge in [0.15, 0.2) is 0 Å². The Hall–Kier alpha value is -3.92. The molecule has 0 unspecified atom stereocenters. The number of nitrogens with zero attached hydrogens (tertiary/aromatic N) is 5. The van der Waals surface area contributed by atoms with Crippen molar-refractivity contribution >= 4 is 17.2 Å². The zero-order valence-corrected chi connectivity index (χ0v) is 18.1. The SMILES string of the molecule is Cc1nc(-c2ccccc2)sc1-c1ccc(=O)n(CCNC(=O)Cn2ncccc2=O)n1. The lowest BCUT2D eigenvalue weighted by Gasteiger charge is -2.08. The van der Waals surface area contributed by atoms with Crippen LogP contribution in [0.3, 0.4) is 0 Å². The molecule has 4 rings (SSSR count). The zero-order valence-electron chi connectivity index (χ0n) is 17.3. The van der Waals surface area contributed by atoms with Crippen molar-refractivity contribution in [3.05, 3.63) is 87.2 Å². The van der Waals surface area contributed by atoms with Gasteiger partial charge in [-0.1, -0.05) is 30.3 Å². The Morgan fingerprint density at radius 1 is 1.00 bits per heavy atom. The molecule has 9 nitrogen and oxygen atoms in total. The largest absolute Gasteiger partial charge is 0.353 e. The molecule has 0 atom stereocenters. The summed E-state index contributed by atoms with van der Waals surface area (Å²) in [6, 6.07) is 15.9. The van der Waals surface area contributed by atoms with Crippen molar-refractivity contribution < 1.29 is 4.79 Å². The van der Waals surface area contributed by atoms with E-state index in [1.165, 1.54) is 40.4 Å². The summed E-state index contributed by atoms with van der Waals surface area (Å²) in [5, 5.41) is 11.9. The molecule has 3 heterocycles. The lowest BCUT2D eigenvalue weighted by atomic mass is 10.2. The Balaban J connectivity index is 1.45. The summed E-state index contributed by atoms with van der Waals surface area (Å²) in [7, 11) is 0. The highest BCUT2D eigenvalue weighted by atomic mass is 32.1. The summed E-state index contributed by atoms with van der Waals surface area (Å²) >= 11 is 1.51. The van der Waals surface area contributed by atoms with Gasteiger partial charge in [0.05, 0.1) is 17.1 Å². The lowest BCUT2D eigenvalue weighted by Crippen LogP contribution is -2.36. The number of thiazole rings is 1. The number of aryl methyl sites for hydroxylation is 1. The van der Waals surface area contributed by atoms with Crippen LogP contribution in [0.5, 0.6) is 0 Å². The maximum Gasteiger partial charge on any atom is 0.267 e. The molecule has 0 aliphatic carbocycles. The van der Waals surface area contributed by atoms with Crippen LogP contribution in [0.25, 0.3) is 21.1 Å². The van der Waals surface area contributed by atoms with Crippen LogP contribution in [0, 0.1) is 6.92 Å². The third kappa shape index (κ3) is 4.86. The molecule has 0 saturated heterocycles. The van der Waals surface area contributed by atoms with Gasteiger partial charge in [0.1, 0.15) is 17.2 Å². The second kappa shape index (κ2) is 9.48. The number of amides is 1. The molecule has 0 aliphatic heterocycles. The minimum Gasteiger partial charge on any atom is -0.353 e. The van der Waals surface area contributed by atoms with Crippen LogP contribution in [0.4, 0.5) is 0 Å². The Labute approximate surface area is 187 Å². The normalized spacial score (nSPS) is 10.8. The van der Waals surface area contributed by atoms with E-state index in [0.29, 0.717) is 5.69 Å². The van der Waals surface area contributed by atoms with E-state index in [0.717, 1.165) is 25.8 Å². The molecule has 0 fully saturated rings. The number of carbonyl (C=O) groups excluding carboxylic acids is 1. The molecule has 1 aromatic carbocycles. The second-order valence-corrected chi connectivity index (χ2v) is 7.95. The van der Waals surface area contributed by atoms with Crippen molar-refractivity contribution in [2.24, 2.45) is 0 Å². The van der Waals surface area contributed by atoms with Gasteiger partial charge in [-0.3, -0.25) is 14.4 Å². The van der Waals surface area contributed by atoms with Crippen LogP contribution in [0.2, 0.25) is 0 Å². The Morgan fingerprint density at radius 3 is 2.56 bits per heavy atom.